The second kappa shape index (κ2) is 7.55. The van der Waals surface area contributed by atoms with Crippen LogP contribution in [0.2, 0.25) is 5.02 Å². The van der Waals surface area contributed by atoms with E-state index in [0.717, 1.165) is 5.69 Å². The van der Waals surface area contributed by atoms with E-state index in [-0.39, 0.29) is 6.04 Å². The maximum atomic E-state index is 10.2. The third-order valence-electron chi connectivity index (χ3n) is 4.20. The number of rotatable bonds is 4. The largest absolute Gasteiger partial charge is 0.378 e. The van der Waals surface area contributed by atoms with Crippen molar-refractivity contribution in [2.45, 2.75) is 45.8 Å². The zero-order valence-corrected chi connectivity index (χ0v) is 16.5. The summed E-state index contributed by atoms with van der Waals surface area (Å²) in [4.78, 5) is 13.5. The third kappa shape index (κ3) is 4.38. The summed E-state index contributed by atoms with van der Waals surface area (Å²) in [5, 5.41) is 14.0. The van der Waals surface area contributed by atoms with Gasteiger partial charge in [0.2, 0.25) is 5.82 Å². The summed E-state index contributed by atoms with van der Waals surface area (Å²) in [7, 11) is 0. The Labute approximate surface area is 163 Å². The minimum atomic E-state index is -1.09. The number of hydrogen-bond acceptors (Lipinski definition) is 5. The van der Waals surface area contributed by atoms with Crippen LogP contribution < -0.4 is 5.32 Å². The minimum Gasteiger partial charge on any atom is -0.378 e. The number of halogens is 1. The third-order valence-corrected chi connectivity index (χ3v) is 4.43. The molecule has 0 aliphatic heterocycles. The molecule has 0 bridgehead atoms. The lowest BCUT2D eigenvalue weighted by Crippen LogP contribution is -2.19. The van der Waals surface area contributed by atoms with Gasteiger partial charge in [-0.25, -0.2) is 15.0 Å². The minimum absolute atomic E-state index is 0.184. The van der Waals surface area contributed by atoms with E-state index in [1.165, 1.54) is 0 Å². The van der Waals surface area contributed by atoms with Crippen molar-refractivity contribution in [3.05, 3.63) is 41.4 Å². The number of nitrogens with zero attached hydrogens (tertiary/aromatic N) is 4. The lowest BCUT2D eigenvalue weighted by Gasteiger charge is -2.12. The van der Waals surface area contributed by atoms with Crippen LogP contribution in [0.5, 0.6) is 0 Å². The molecular weight excluding hydrogens is 362 g/mol. The van der Waals surface area contributed by atoms with E-state index < -0.39 is 5.60 Å². The van der Waals surface area contributed by atoms with Crippen molar-refractivity contribution in [3.63, 3.8) is 0 Å². The molecule has 0 unspecified atom stereocenters. The molecule has 3 rings (SSSR count). The van der Waals surface area contributed by atoms with Gasteiger partial charge in [0.25, 0.3) is 0 Å². The Bertz CT molecular complexity index is 1030. The van der Waals surface area contributed by atoms with Gasteiger partial charge in [0.15, 0.2) is 17.0 Å². The van der Waals surface area contributed by atoms with Gasteiger partial charge in [-0.15, -0.1) is 0 Å². The Kier molecular flexibility index (Phi) is 5.36. The summed E-state index contributed by atoms with van der Waals surface area (Å²) in [5.41, 5.74) is 1.04. The fourth-order valence-corrected chi connectivity index (χ4v) is 2.61. The van der Waals surface area contributed by atoms with Crippen molar-refractivity contribution in [3.8, 4) is 11.8 Å². The number of anilines is 2. The maximum Gasteiger partial charge on any atom is 0.209 e. The first-order valence-corrected chi connectivity index (χ1v) is 9.19. The number of aromatic nitrogens is 4. The number of imidazole rings is 1. The first kappa shape index (κ1) is 19.2. The predicted octanol–water partition coefficient (Wildman–Crippen LogP) is 4.32. The van der Waals surface area contributed by atoms with Crippen LogP contribution >= 0.6 is 11.6 Å². The molecule has 0 aliphatic carbocycles. The summed E-state index contributed by atoms with van der Waals surface area (Å²) < 4.78 is 1.96. The van der Waals surface area contributed by atoms with Crippen LogP contribution in [0, 0.1) is 11.8 Å². The SMILES string of the molecule is CC[C@](C)(O)C#Cc1nc(Nc2cccc(Cl)c2)c2ncn(C(C)C)c2n1. The molecule has 2 heterocycles. The molecule has 140 valence electrons. The van der Waals surface area contributed by atoms with Gasteiger partial charge < -0.3 is 15.0 Å². The van der Waals surface area contributed by atoms with Gasteiger partial charge in [-0.2, -0.15) is 0 Å². The average Bonchev–Trinajstić information content (AvgIpc) is 3.05. The quantitative estimate of drug-likeness (QED) is 0.656. The summed E-state index contributed by atoms with van der Waals surface area (Å²) in [6.07, 6.45) is 2.26. The van der Waals surface area contributed by atoms with Gasteiger partial charge in [-0.3, -0.25) is 0 Å². The first-order valence-electron chi connectivity index (χ1n) is 8.82. The molecular formula is C20H22ClN5O. The lowest BCUT2D eigenvalue weighted by atomic mass is 10.1. The lowest BCUT2D eigenvalue weighted by molar-refractivity contribution is 0.118. The van der Waals surface area contributed by atoms with E-state index in [0.29, 0.717) is 34.2 Å². The summed E-state index contributed by atoms with van der Waals surface area (Å²) >= 11 is 6.08. The van der Waals surface area contributed by atoms with Crippen LogP contribution in [0.15, 0.2) is 30.6 Å². The monoisotopic (exact) mass is 383 g/mol. The molecule has 2 N–H and O–H groups in total. The highest BCUT2D eigenvalue weighted by atomic mass is 35.5. The van der Waals surface area contributed by atoms with Gasteiger partial charge in [0.1, 0.15) is 5.60 Å². The first-order chi connectivity index (χ1) is 12.8. The Hall–Kier alpha value is -2.62. The van der Waals surface area contributed by atoms with Gasteiger partial charge >= 0.3 is 0 Å². The molecule has 3 aromatic rings. The van der Waals surface area contributed by atoms with E-state index >= 15 is 0 Å². The number of fused-ring (bicyclic) bond motifs is 1. The second-order valence-corrected chi connectivity index (χ2v) is 7.26. The van der Waals surface area contributed by atoms with Gasteiger partial charge in [0, 0.05) is 16.8 Å². The second-order valence-electron chi connectivity index (χ2n) is 6.83. The van der Waals surface area contributed by atoms with Crippen molar-refractivity contribution in [1.82, 2.24) is 19.5 Å². The van der Waals surface area contributed by atoms with Gasteiger partial charge in [0.05, 0.1) is 6.33 Å². The molecule has 0 saturated heterocycles. The molecule has 0 amide bonds. The highest BCUT2D eigenvalue weighted by Crippen LogP contribution is 2.26. The molecule has 0 spiro atoms. The smallest absolute Gasteiger partial charge is 0.209 e. The summed E-state index contributed by atoms with van der Waals surface area (Å²) in [6, 6.07) is 7.55. The molecule has 0 saturated carbocycles. The Morgan fingerprint density at radius 2 is 2.11 bits per heavy atom. The van der Waals surface area contributed by atoms with Crippen molar-refractivity contribution in [1.29, 1.82) is 0 Å². The Morgan fingerprint density at radius 1 is 1.33 bits per heavy atom. The van der Waals surface area contributed by atoms with Gasteiger partial charge in [-0.05, 0) is 51.3 Å². The van der Waals surface area contributed by atoms with E-state index in [4.69, 9.17) is 11.6 Å². The molecule has 0 radical (unpaired) electrons. The van der Waals surface area contributed by atoms with E-state index in [1.54, 1.807) is 19.3 Å². The molecule has 0 aliphatic rings. The van der Waals surface area contributed by atoms with Crippen LogP contribution in [-0.4, -0.2) is 30.2 Å². The van der Waals surface area contributed by atoms with Gasteiger partial charge in [-0.1, -0.05) is 30.5 Å². The van der Waals surface area contributed by atoms with Crippen LogP contribution in [-0.2, 0) is 0 Å². The molecule has 1 aromatic carbocycles. The number of aliphatic hydroxyl groups is 1. The Balaban J connectivity index is 2.13. The number of benzene rings is 1. The number of nitrogens with one attached hydrogen (secondary N) is 1. The standard InChI is InChI=1S/C20H22ClN5O/c1-5-20(4,27)10-9-16-24-18(23-15-8-6-7-14(21)11-15)17-19(25-16)26(12-22-17)13(2)3/h6-8,11-13,27H,5H2,1-4H3,(H,23,24,25)/t20-/m0/s1. The van der Waals surface area contributed by atoms with Crippen molar-refractivity contribution < 1.29 is 5.11 Å². The fourth-order valence-electron chi connectivity index (χ4n) is 2.42. The van der Waals surface area contributed by atoms with E-state index in [1.807, 2.05) is 29.7 Å². The predicted molar refractivity (Wildman–Crippen MR) is 108 cm³/mol. The van der Waals surface area contributed by atoms with Crippen LogP contribution in [0.4, 0.5) is 11.5 Å². The van der Waals surface area contributed by atoms with E-state index in [9.17, 15) is 5.11 Å². The number of hydrogen-bond donors (Lipinski definition) is 2. The fraction of sp³-hybridized carbons (Fsp3) is 0.350. The highest BCUT2D eigenvalue weighted by Gasteiger charge is 2.16. The maximum absolute atomic E-state index is 10.2. The summed E-state index contributed by atoms with van der Waals surface area (Å²) in [6.45, 7) is 7.65. The van der Waals surface area contributed by atoms with Crippen molar-refractivity contribution in [2.75, 3.05) is 5.32 Å². The van der Waals surface area contributed by atoms with Crippen LogP contribution in [0.3, 0.4) is 0 Å². The van der Waals surface area contributed by atoms with Crippen molar-refractivity contribution >= 4 is 34.3 Å². The molecule has 27 heavy (non-hydrogen) atoms. The van der Waals surface area contributed by atoms with Crippen molar-refractivity contribution in [2.24, 2.45) is 0 Å². The molecule has 7 heteroatoms. The van der Waals surface area contributed by atoms with Crippen LogP contribution in [0.25, 0.3) is 11.2 Å². The molecule has 1 atom stereocenters. The molecule has 6 nitrogen and oxygen atoms in total. The highest BCUT2D eigenvalue weighted by molar-refractivity contribution is 6.30. The molecule has 0 fully saturated rings. The summed E-state index contributed by atoms with van der Waals surface area (Å²) in [5.74, 6) is 6.59. The zero-order valence-electron chi connectivity index (χ0n) is 15.8. The average molecular weight is 384 g/mol. The zero-order chi connectivity index (χ0) is 19.6. The van der Waals surface area contributed by atoms with E-state index in [2.05, 4.69) is 46.0 Å². The normalized spacial score (nSPS) is 13.3. The topological polar surface area (TPSA) is 75.9 Å². The Morgan fingerprint density at radius 3 is 2.78 bits per heavy atom. The molecule has 2 aromatic heterocycles. The van der Waals surface area contributed by atoms with Crippen LogP contribution in [0.1, 0.15) is 46.0 Å².